The highest BCUT2D eigenvalue weighted by molar-refractivity contribution is 6.02. The molecule has 0 spiro atoms. The predicted octanol–water partition coefficient (Wildman–Crippen LogP) is 4.39. The van der Waals surface area contributed by atoms with Gasteiger partial charge in [-0.3, -0.25) is 14.6 Å². The second kappa shape index (κ2) is 10.5. The van der Waals surface area contributed by atoms with Gasteiger partial charge >= 0.3 is 11.9 Å². The van der Waals surface area contributed by atoms with Crippen LogP contribution in [0.4, 0.5) is 11.4 Å². The van der Waals surface area contributed by atoms with E-state index >= 15 is 0 Å². The molecule has 0 fully saturated rings. The molecule has 3 aromatic rings. The molecule has 2 heterocycles. The van der Waals surface area contributed by atoms with Gasteiger partial charge < -0.3 is 14.8 Å². The van der Waals surface area contributed by atoms with Crippen LogP contribution in [0.3, 0.4) is 0 Å². The zero-order chi connectivity index (χ0) is 25.8. The van der Waals surface area contributed by atoms with Crippen molar-refractivity contribution in [3.8, 4) is 11.3 Å². The topological polar surface area (TPSA) is 112 Å². The largest absolute Gasteiger partial charge is 0.427 e. The number of aryl methyl sites for hydroxylation is 3. The average Bonchev–Trinajstić information content (AvgIpc) is 2.80. The maximum Gasteiger partial charge on any atom is 0.345 e. The summed E-state index contributed by atoms with van der Waals surface area (Å²) < 4.78 is 11.7. The Morgan fingerprint density at radius 1 is 1.11 bits per heavy atom. The van der Waals surface area contributed by atoms with Gasteiger partial charge in [-0.15, -0.1) is 0 Å². The Bertz CT molecular complexity index is 1310. The Morgan fingerprint density at radius 2 is 1.86 bits per heavy atom. The Hall–Kier alpha value is -4.01. The van der Waals surface area contributed by atoms with E-state index in [4.69, 9.17) is 9.47 Å². The summed E-state index contributed by atoms with van der Waals surface area (Å²) in [4.78, 5) is 42.9. The summed E-state index contributed by atoms with van der Waals surface area (Å²) in [5.41, 5.74) is 1.94. The van der Waals surface area contributed by atoms with Crippen LogP contribution in [0, 0.1) is 19.3 Å². The van der Waals surface area contributed by atoms with Crippen molar-refractivity contribution in [3.05, 3.63) is 69.8 Å². The number of anilines is 2. The SMILES string of the molecule is CCn1nc(-c2cccc(C)c2)c(C(=O)OCOC(=O)C(C)(C)C)c(Nc2cnccc2C)c1=O. The molecule has 0 unspecified atom stereocenters. The molecule has 0 radical (unpaired) electrons. The summed E-state index contributed by atoms with van der Waals surface area (Å²) in [7, 11) is 0. The fourth-order valence-electron chi connectivity index (χ4n) is 3.25. The van der Waals surface area contributed by atoms with Crippen LogP contribution in [-0.4, -0.2) is 33.5 Å². The number of carbonyl (C=O) groups excluding carboxylic acids is 2. The minimum absolute atomic E-state index is 0.00149. The first-order valence-electron chi connectivity index (χ1n) is 11.3. The fourth-order valence-corrected chi connectivity index (χ4v) is 3.25. The van der Waals surface area contributed by atoms with Crippen molar-refractivity contribution in [2.24, 2.45) is 5.41 Å². The van der Waals surface area contributed by atoms with Gasteiger partial charge in [-0.1, -0.05) is 23.8 Å². The van der Waals surface area contributed by atoms with Crippen LogP contribution < -0.4 is 10.9 Å². The second-order valence-electron chi connectivity index (χ2n) is 9.14. The monoisotopic (exact) mass is 478 g/mol. The smallest absolute Gasteiger partial charge is 0.345 e. The number of pyridine rings is 1. The molecule has 0 aliphatic rings. The third-order valence-corrected chi connectivity index (χ3v) is 5.24. The lowest BCUT2D eigenvalue weighted by molar-refractivity contribution is -0.161. The van der Waals surface area contributed by atoms with Crippen molar-refractivity contribution in [1.82, 2.24) is 14.8 Å². The third-order valence-electron chi connectivity index (χ3n) is 5.24. The standard InChI is InChI=1S/C26H30N4O5/c1-7-30-23(31)22(28-19-14-27-12-11-17(19)3)20(21(29-30)18-10-8-9-16(2)13-18)24(32)34-15-35-25(33)26(4,5)6/h8-14,28H,7,15H2,1-6H3. The minimum atomic E-state index is -0.847. The number of ether oxygens (including phenoxy) is 2. The highest BCUT2D eigenvalue weighted by atomic mass is 16.7. The summed E-state index contributed by atoms with van der Waals surface area (Å²) in [5, 5.41) is 7.54. The molecule has 1 aromatic carbocycles. The molecular formula is C26H30N4O5. The molecule has 0 aliphatic carbocycles. The minimum Gasteiger partial charge on any atom is -0.427 e. The lowest BCUT2D eigenvalue weighted by Crippen LogP contribution is -2.30. The van der Waals surface area contributed by atoms with E-state index in [2.05, 4.69) is 15.4 Å². The molecule has 0 saturated carbocycles. The van der Waals surface area contributed by atoms with Gasteiger partial charge in [0, 0.05) is 18.3 Å². The van der Waals surface area contributed by atoms with Crippen LogP contribution in [0.2, 0.25) is 0 Å². The lowest BCUT2D eigenvalue weighted by atomic mass is 9.98. The number of nitrogens with one attached hydrogen (secondary N) is 1. The van der Waals surface area contributed by atoms with E-state index in [1.165, 1.54) is 4.68 Å². The van der Waals surface area contributed by atoms with Gasteiger partial charge in [0.15, 0.2) is 0 Å². The van der Waals surface area contributed by atoms with Crippen LogP contribution in [0.1, 0.15) is 49.2 Å². The fraction of sp³-hybridized carbons (Fsp3) is 0.346. The van der Waals surface area contributed by atoms with Gasteiger partial charge in [0.05, 0.1) is 17.3 Å². The Labute approximate surface area is 204 Å². The number of aromatic nitrogens is 3. The van der Waals surface area contributed by atoms with Gasteiger partial charge in [0.1, 0.15) is 16.9 Å². The highest BCUT2D eigenvalue weighted by Crippen LogP contribution is 2.29. The quantitative estimate of drug-likeness (QED) is 0.393. The number of hydrogen-bond donors (Lipinski definition) is 1. The zero-order valence-electron chi connectivity index (χ0n) is 20.8. The molecule has 0 bridgehead atoms. The summed E-state index contributed by atoms with van der Waals surface area (Å²) >= 11 is 0. The van der Waals surface area contributed by atoms with E-state index in [9.17, 15) is 14.4 Å². The van der Waals surface area contributed by atoms with Crippen LogP contribution in [-0.2, 0) is 20.8 Å². The normalized spacial score (nSPS) is 11.1. The van der Waals surface area contributed by atoms with Crippen molar-refractivity contribution in [2.75, 3.05) is 12.1 Å². The van der Waals surface area contributed by atoms with Gasteiger partial charge in [0.25, 0.3) is 5.56 Å². The number of esters is 2. The van der Waals surface area contributed by atoms with Crippen molar-refractivity contribution >= 4 is 23.3 Å². The molecule has 2 aromatic heterocycles. The molecule has 184 valence electrons. The Kier molecular flexibility index (Phi) is 7.68. The summed E-state index contributed by atoms with van der Waals surface area (Å²) in [5.74, 6) is -1.37. The van der Waals surface area contributed by atoms with Crippen LogP contribution in [0.25, 0.3) is 11.3 Å². The maximum atomic E-state index is 13.3. The first kappa shape index (κ1) is 25.6. The second-order valence-corrected chi connectivity index (χ2v) is 9.14. The van der Waals surface area contributed by atoms with Crippen LogP contribution in [0.5, 0.6) is 0 Å². The molecule has 35 heavy (non-hydrogen) atoms. The summed E-state index contributed by atoms with van der Waals surface area (Å²) in [6.45, 7) is 10.3. The number of nitrogens with zero attached hydrogens (tertiary/aromatic N) is 3. The molecule has 0 atom stereocenters. The zero-order valence-corrected chi connectivity index (χ0v) is 20.8. The van der Waals surface area contributed by atoms with E-state index in [1.54, 1.807) is 52.2 Å². The van der Waals surface area contributed by atoms with Crippen molar-refractivity contribution < 1.29 is 19.1 Å². The van der Waals surface area contributed by atoms with Crippen LogP contribution >= 0.6 is 0 Å². The maximum absolute atomic E-state index is 13.3. The number of carbonyl (C=O) groups is 2. The Balaban J connectivity index is 2.14. The van der Waals surface area contributed by atoms with Gasteiger partial charge in [-0.05, 0) is 59.2 Å². The number of hydrogen-bond acceptors (Lipinski definition) is 8. The van der Waals surface area contributed by atoms with Crippen LogP contribution in [0.15, 0.2) is 47.5 Å². The highest BCUT2D eigenvalue weighted by Gasteiger charge is 2.28. The van der Waals surface area contributed by atoms with E-state index in [0.29, 0.717) is 11.3 Å². The first-order chi connectivity index (χ1) is 16.5. The first-order valence-corrected chi connectivity index (χ1v) is 11.3. The summed E-state index contributed by atoms with van der Waals surface area (Å²) in [6.07, 6.45) is 3.20. The Morgan fingerprint density at radius 3 is 2.49 bits per heavy atom. The molecule has 0 aliphatic heterocycles. The molecule has 0 saturated heterocycles. The van der Waals surface area contributed by atoms with Gasteiger partial charge in [-0.2, -0.15) is 5.10 Å². The molecule has 9 heteroatoms. The molecule has 1 N–H and O–H groups in total. The van der Waals surface area contributed by atoms with Crippen molar-refractivity contribution in [2.45, 2.75) is 48.1 Å². The molecule has 0 amide bonds. The van der Waals surface area contributed by atoms with Gasteiger partial charge in [-0.25, -0.2) is 9.48 Å². The number of rotatable bonds is 7. The van der Waals surface area contributed by atoms with E-state index in [-0.39, 0.29) is 23.5 Å². The third kappa shape index (κ3) is 5.92. The van der Waals surface area contributed by atoms with Crippen molar-refractivity contribution in [3.63, 3.8) is 0 Å². The van der Waals surface area contributed by atoms with E-state index in [1.807, 2.05) is 32.0 Å². The van der Waals surface area contributed by atoms with E-state index in [0.717, 1.165) is 11.1 Å². The predicted molar refractivity (Wildman–Crippen MR) is 132 cm³/mol. The number of benzene rings is 1. The lowest BCUT2D eigenvalue weighted by Gasteiger charge is -2.19. The molecule has 3 rings (SSSR count). The summed E-state index contributed by atoms with van der Waals surface area (Å²) in [6, 6.07) is 9.21. The average molecular weight is 479 g/mol. The van der Waals surface area contributed by atoms with Gasteiger partial charge in [0.2, 0.25) is 6.79 Å². The molecule has 9 nitrogen and oxygen atoms in total. The van der Waals surface area contributed by atoms with E-state index < -0.39 is 29.7 Å². The molecular weight excluding hydrogens is 448 g/mol. The van der Waals surface area contributed by atoms with Crippen molar-refractivity contribution in [1.29, 1.82) is 0 Å².